The first-order valence-electron chi connectivity index (χ1n) is 8.64. The molecular formula is C18H25N3O3. The predicted octanol–water partition coefficient (Wildman–Crippen LogP) is 1.63. The van der Waals surface area contributed by atoms with Gasteiger partial charge in [-0.15, -0.1) is 0 Å². The van der Waals surface area contributed by atoms with Gasteiger partial charge in [0.25, 0.3) is 0 Å². The van der Waals surface area contributed by atoms with Crippen LogP contribution in [0.4, 0.5) is 0 Å². The highest BCUT2D eigenvalue weighted by Gasteiger charge is 2.36. The van der Waals surface area contributed by atoms with Crippen LogP contribution in [0, 0.1) is 0 Å². The van der Waals surface area contributed by atoms with Crippen molar-refractivity contribution in [2.75, 3.05) is 20.2 Å². The second-order valence-electron chi connectivity index (χ2n) is 6.67. The second kappa shape index (κ2) is 7.20. The molecule has 1 saturated heterocycles. The molecule has 6 nitrogen and oxygen atoms in total. The average molecular weight is 331 g/mol. The number of ether oxygens (including phenoxy) is 1. The normalized spacial score (nSPS) is 20.1. The molecule has 0 radical (unpaired) electrons. The minimum atomic E-state index is 0.116. The van der Waals surface area contributed by atoms with Gasteiger partial charge >= 0.3 is 0 Å². The lowest BCUT2D eigenvalue weighted by Gasteiger charge is -2.30. The third-order valence-corrected chi connectivity index (χ3v) is 4.86. The average Bonchev–Trinajstić information content (AvgIpc) is 3.29. The van der Waals surface area contributed by atoms with Crippen molar-refractivity contribution in [3.05, 3.63) is 23.9 Å². The number of methoxy groups -OCH3 is 1. The highest BCUT2D eigenvalue weighted by molar-refractivity contribution is 5.79. The van der Waals surface area contributed by atoms with Gasteiger partial charge in [0.15, 0.2) is 0 Å². The molecule has 1 aromatic rings. The Morgan fingerprint density at radius 1 is 1.38 bits per heavy atom. The molecule has 2 aliphatic rings. The van der Waals surface area contributed by atoms with Crippen molar-refractivity contribution in [3.8, 4) is 5.88 Å². The van der Waals surface area contributed by atoms with Crippen LogP contribution >= 0.6 is 0 Å². The Kier molecular flexibility index (Phi) is 5.02. The van der Waals surface area contributed by atoms with E-state index in [-0.39, 0.29) is 17.9 Å². The van der Waals surface area contributed by atoms with E-state index in [2.05, 4.69) is 4.98 Å². The summed E-state index contributed by atoms with van der Waals surface area (Å²) in [5.41, 5.74) is 0.906. The van der Waals surface area contributed by atoms with Crippen LogP contribution in [0.5, 0.6) is 5.88 Å². The minimum Gasteiger partial charge on any atom is -0.481 e. The van der Waals surface area contributed by atoms with E-state index in [0.29, 0.717) is 24.9 Å². The molecular weight excluding hydrogens is 306 g/mol. The maximum absolute atomic E-state index is 12.7. The quantitative estimate of drug-likeness (QED) is 0.795. The van der Waals surface area contributed by atoms with Crippen LogP contribution in [0.2, 0.25) is 0 Å². The van der Waals surface area contributed by atoms with E-state index >= 15 is 0 Å². The third-order valence-electron chi connectivity index (χ3n) is 4.86. The van der Waals surface area contributed by atoms with Crippen molar-refractivity contribution in [2.24, 2.45) is 0 Å². The Labute approximate surface area is 142 Å². The number of hydrogen-bond acceptors (Lipinski definition) is 4. The highest BCUT2D eigenvalue weighted by Crippen LogP contribution is 2.29. The molecule has 1 saturated carbocycles. The Bertz CT molecular complexity index is 615. The lowest BCUT2D eigenvalue weighted by molar-refractivity contribution is -0.135. The number of pyridine rings is 1. The summed E-state index contributed by atoms with van der Waals surface area (Å²) in [6.45, 7) is 3.08. The van der Waals surface area contributed by atoms with Crippen molar-refractivity contribution in [3.63, 3.8) is 0 Å². The molecule has 6 heteroatoms. The van der Waals surface area contributed by atoms with Gasteiger partial charge in [0.1, 0.15) is 0 Å². The molecule has 1 aliphatic heterocycles. The second-order valence-corrected chi connectivity index (χ2v) is 6.67. The van der Waals surface area contributed by atoms with Crippen LogP contribution in [0.3, 0.4) is 0 Å². The molecule has 3 rings (SSSR count). The summed E-state index contributed by atoms with van der Waals surface area (Å²) in [5.74, 6) is 0.760. The number of carbonyl (C=O) groups excluding carboxylic acids is 2. The summed E-state index contributed by atoms with van der Waals surface area (Å²) in [4.78, 5) is 32.5. The smallest absolute Gasteiger partial charge is 0.227 e. The SMILES string of the molecule is COc1cc(CC(=O)N2CCCC2CN(C(C)=O)C2CC2)ccn1. The van der Waals surface area contributed by atoms with Crippen LogP contribution in [-0.2, 0) is 16.0 Å². The molecule has 130 valence electrons. The number of aromatic nitrogens is 1. The number of likely N-dealkylation sites (tertiary alicyclic amines) is 1. The van der Waals surface area contributed by atoms with Gasteiger partial charge < -0.3 is 14.5 Å². The Morgan fingerprint density at radius 3 is 2.83 bits per heavy atom. The van der Waals surface area contributed by atoms with Crippen molar-refractivity contribution in [1.82, 2.24) is 14.8 Å². The molecule has 0 aromatic carbocycles. The number of carbonyl (C=O) groups is 2. The molecule has 1 aliphatic carbocycles. The molecule has 2 amide bonds. The predicted molar refractivity (Wildman–Crippen MR) is 89.6 cm³/mol. The van der Waals surface area contributed by atoms with Gasteiger partial charge in [0.2, 0.25) is 17.7 Å². The van der Waals surface area contributed by atoms with Crippen LogP contribution in [0.1, 0.15) is 38.2 Å². The molecule has 2 heterocycles. The van der Waals surface area contributed by atoms with Crippen molar-refractivity contribution in [2.45, 2.75) is 51.1 Å². The van der Waals surface area contributed by atoms with E-state index in [4.69, 9.17) is 4.74 Å². The molecule has 24 heavy (non-hydrogen) atoms. The summed E-state index contributed by atoms with van der Waals surface area (Å²) in [6.07, 6.45) is 6.18. The summed E-state index contributed by atoms with van der Waals surface area (Å²) in [5, 5.41) is 0. The Hall–Kier alpha value is -2.11. The number of amides is 2. The Morgan fingerprint density at radius 2 is 2.17 bits per heavy atom. The van der Waals surface area contributed by atoms with E-state index in [1.54, 1.807) is 26.3 Å². The first kappa shape index (κ1) is 16.7. The van der Waals surface area contributed by atoms with Gasteiger partial charge in [-0.25, -0.2) is 4.98 Å². The van der Waals surface area contributed by atoms with Gasteiger partial charge in [-0.1, -0.05) is 0 Å². The van der Waals surface area contributed by atoms with Crippen molar-refractivity contribution >= 4 is 11.8 Å². The number of hydrogen-bond donors (Lipinski definition) is 0. The summed E-state index contributed by atoms with van der Waals surface area (Å²) in [6, 6.07) is 4.18. The number of nitrogens with zero attached hydrogens (tertiary/aromatic N) is 3. The summed E-state index contributed by atoms with van der Waals surface area (Å²) < 4.78 is 5.12. The minimum absolute atomic E-state index is 0.116. The standard InChI is InChI=1S/C18H25N3O3/c1-13(22)21(15-5-6-15)12-16-4-3-9-20(16)18(23)11-14-7-8-19-17(10-14)24-2/h7-8,10,15-16H,3-6,9,11-12H2,1-2H3. The van der Waals surface area contributed by atoms with Crippen LogP contribution in [-0.4, -0.2) is 58.9 Å². The van der Waals surface area contributed by atoms with E-state index in [1.807, 2.05) is 15.9 Å². The van der Waals surface area contributed by atoms with Crippen LogP contribution in [0.25, 0.3) is 0 Å². The van der Waals surface area contributed by atoms with Gasteiger partial charge in [0.05, 0.1) is 13.5 Å². The van der Waals surface area contributed by atoms with Crippen molar-refractivity contribution < 1.29 is 14.3 Å². The van der Waals surface area contributed by atoms with Gasteiger partial charge in [-0.3, -0.25) is 9.59 Å². The zero-order valence-electron chi connectivity index (χ0n) is 14.4. The van der Waals surface area contributed by atoms with E-state index in [9.17, 15) is 9.59 Å². The largest absolute Gasteiger partial charge is 0.481 e. The first-order chi connectivity index (χ1) is 11.6. The topological polar surface area (TPSA) is 62.7 Å². The molecule has 1 unspecified atom stereocenters. The molecule has 0 bridgehead atoms. The zero-order chi connectivity index (χ0) is 17.1. The van der Waals surface area contributed by atoms with Gasteiger partial charge in [-0.2, -0.15) is 0 Å². The van der Waals surface area contributed by atoms with Crippen LogP contribution < -0.4 is 4.74 Å². The van der Waals surface area contributed by atoms with E-state index in [0.717, 1.165) is 37.8 Å². The molecule has 0 spiro atoms. The fourth-order valence-corrected chi connectivity index (χ4v) is 3.45. The molecule has 1 atom stereocenters. The molecule has 2 fully saturated rings. The third kappa shape index (κ3) is 3.86. The summed E-state index contributed by atoms with van der Waals surface area (Å²) >= 11 is 0. The Balaban J connectivity index is 1.63. The van der Waals surface area contributed by atoms with Crippen LogP contribution in [0.15, 0.2) is 18.3 Å². The highest BCUT2D eigenvalue weighted by atomic mass is 16.5. The maximum Gasteiger partial charge on any atom is 0.227 e. The van der Waals surface area contributed by atoms with E-state index < -0.39 is 0 Å². The van der Waals surface area contributed by atoms with E-state index in [1.165, 1.54) is 0 Å². The zero-order valence-corrected chi connectivity index (χ0v) is 14.4. The fraction of sp³-hybridized carbons (Fsp3) is 0.611. The monoisotopic (exact) mass is 331 g/mol. The molecule has 1 aromatic heterocycles. The fourth-order valence-electron chi connectivity index (χ4n) is 3.45. The first-order valence-corrected chi connectivity index (χ1v) is 8.64. The maximum atomic E-state index is 12.7. The summed E-state index contributed by atoms with van der Waals surface area (Å²) in [7, 11) is 1.57. The van der Waals surface area contributed by atoms with Crippen molar-refractivity contribution in [1.29, 1.82) is 0 Å². The number of rotatable bonds is 6. The lowest BCUT2D eigenvalue weighted by Crippen LogP contribution is -2.46. The lowest BCUT2D eigenvalue weighted by atomic mass is 10.1. The molecule has 0 N–H and O–H groups in total. The van der Waals surface area contributed by atoms with Gasteiger partial charge in [0, 0.05) is 44.4 Å². The van der Waals surface area contributed by atoms with Gasteiger partial charge in [-0.05, 0) is 37.3 Å².